The van der Waals surface area contributed by atoms with Gasteiger partial charge in [0.25, 0.3) is 0 Å². The van der Waals surface area contributed by atoms with Gasteiger partial charge in [-0.05, 0) is 19.3 Å². The predicted molar refractivity (Wildman–Crippen MR) is 75.2 cm³/mol. The Balaban J connectivity index is 2.27. The van der Waals surface area contributed by atoms with E-state index in [1.54, 1.807) is 14.2 Å². The summed E-state index contributed by atoms with van der Waals surface area (Å²) in [7, 11) is 3.34. The molecule has 1 rings (SSSR count). The van der Waals surface area contributed by atoms with Crippen molar-refractivity contribution < 1.29 is 14.3 Å². The lowest BCUT2D eigenvalue weighted by Crippen LogP contribution is -2.43. The summed E-state index contributed by atoms with van der Waals surface area (Å²) in [4.78, 5) is 14.0. The number of nitrogens with one attached hydrogen (secondary N) is 1. The van der Waals surface area contributed by atoms with E-state index in [-0.39, 0.29) is 5.91 Å². The Morgan fingerprint density at radius 2 is 1.84 bits per heavy atom. The fourth-order valence-corrected chi connectivity index (χ4v) is 2.44. The number of ether oxygens (including phenoxy) is 2. The minimum Gasteiger partial charge on any atom is -0.385 e. The summed E-state index contributed by atoms with van der Waals surface area (Å²) < 4.78 is 10.1. The Morgan fingerprint density at radius 3 is 2.47 bits per heavy atom. The quantitative estimate of drug-likeness (QED) is 0.604. The van der Waals surface area contributed by atoms with Crippen molar-refractivity contribution in [2.45, 2.75) is 38.1 Å². The van der Waals surface area contributed by atoms with Gasteiger partial charge in [0, 0.05) is 40.0 Å². The first kappa shape index (κ1) is 16.4. The molecule has 0 atom stereocenters. The Hall–Kier alpha value is -0.650. The van der Waals surface area contributed by atoms with Gasteiger partial charge in [0.15, 0.2) is 0 Å². The van der Waals surface area contributed by atoms with E-state index >= 15 is 0 Å². The average Bonchev–Trinajstić information content (AvgIpc) is 2.93. The second kappa shape index (κ2) is 10.2. The maximum absolute atomic E-state index is 12.2. The number of hydrogen-bond acceptors (Lipinski definition) is 4. The summed E-state index contributed by atoms with van der Waals surface area (Å²) in [6.07, 6.45) is 5.85. The Morgan fingerprint density at radius 1 is 1.16 bits per heavy atom. The molecule has 1 N–H and O–H groups in total. The molecule has 0 bridgehead atoms. The molecule has 0 heterocycles. The number of methoxy groups -OCH3 is 2. The topological polar surface area (TPSA) is 50.8 Å². The average molecular weight is 272 g/mol. The van der Waals surface area contributed by atoms with E-state index in [9.17, 15) is 4.79 Å². The summed E-state index contributed by atoms with van der Waals surface area (Å²) in [6, 6.07) is 0.534. The molecule has 5 nitrogen and oxygen atoms in total. The number of rotatable bonds is 10. The highest BCUT2D eigenvalue weighted by Crippen LogP contribution is 2.17. The van der Waals surface area contributed by atoms with Gasteiger partial charge >= 0.3 is 0 Å². The lowest BCUT2D eigenvalue weighted by Gasteiger charge is -2.23. The minimum atomic E-state index is 0.167. The van der Waals surface area contributed by atoms with Gasteiger partial charge in [0.1, 0.15) is 0 Å². The summed E-state index contributed by atoms with van der Waals surface area (Å²) in [5.74, 6) is 0.167. The molecule has 0 spiro atoms. The van der Waals surface area contributed by atoms with E-state index in [1.165, 1.54) is 25.7 Å². The number of amides is 1. The molecule has 0 radical (unpaired) electrons. The van der Waals surface area contributed by atoms with Gasteiger partial charge in [-0.15, -0.1) is 0 Å². The molecule has 1 saturated carbocycles. The standard InChI is InChI=1S/C14H28N2O3/c1-18-10-5-8-16(9-11-19-2)14(17)12-15-13-6-3-4-7-13/h13,15H,3-12H2,1-2H3. The van der Waals surface area contributed by atoms with Crippen molar-refractivity contribution in [1.29, 1.82) is 0 Å². The largest absolute Gasteiger partial charge is 0.385 e. The zero-order valence-electron chi connectivity index (χ0n) is 12.3. The molecule has 0 saturated heterocycles. The maximum Gasteiger partial charge on any atom is 0.236 e. The highest BCUT2D eigenvalue weighted by atomic mass is 16.5. The second-order valence-corrected chi connectivity index (χ2v) is 5.08. The van der Waals surface area contributed by atoms with E-state index < -0.39 is 0 Å². The number of nitrogens with zero attached hydrogens (tertiary/aromatic N) is 1. The smallest absolute Gasteiger partial charge is 0.236 e. The van der Waals surface area contributed by atoms with Crippen LogP contribution in [0.1, 0.15) is 32.1 Å². The summed E-state index contributed by atoms with van der Waals surface area (Å²) in [5, 5.41) is 3.37. The third kappa shape index (κ3) is 6.89. The number of carbonyl (C=O) groups is 1. The van der Waals surface area contributed by atoms with Crippen LogP contribution in [0.25, 0.3) is 0 Å². The molecule has 19 heavy (non-hydrogen) atoms. The van der Waals surface area contributed by atoms with Crippen molar-refractivity contribution >= 4 is 5.91 Å². The van der Waals surface area contributed by atoms with E-state index in [1.807, 2.05) is 4.90 Å². The van der Waals surface area contributed by atoms with Gasteiger partial charge in [-0.3, -0.25) is 4.79 Å². The van der Waals surface area contributed by atoms with Gasteiger partial charge in [-0.25, -0.2) is 0 Å². The van der Waals surface area contributed by atoms with Crippen LogP contribution in [0.3, 0.4) is 0 Å². The van der Waals surface area contributed by atoms with Crippen molar-refractivity contribution in [2.24, 2.45) is 0 Å². The van der Waals surface area contributed by atoms with Crippen LogP contribution in [0.15, 0.2) is 0 Å². The van der Waals surface area contributed by atoms with Crippen LogP contribution in [-0.4, -0.2) is 63.9 Å². The Labute approximate surface area is 116 Å². The van der Waals surface area contributed by atoms with Gasteiger partial charge < -0.3 is 19.7 Å². The van der Waals surface area contributed by atoms with E-state index in [2.05, 4.69) is 5.32 Å². The highest BCUT2D eigenvalue weighted by molar-refractivity contribution is 5.78. The molecule has 1 amide bonds. The van der Waals surface area contributed by atoms with Crippen LogP contribution < -0.4 is 5.32 Å². The summed E-state index contributed by atoms with van der Waals surface area (Å²) in [5.41, 5.74) is 0. The Bertz CT molecular complexity index is 243. The number of carbonyl (C=O) groups excluding carboxylic acids is 1. The van der Waals surface area contributed by atoms with Crippen molar-refractivity contribution in [3.05, 3.63) is 0 Å². The second-order valence-electron chi connectivity index (χ2n) is 5.08. The minimum absolute atomic E-state index is 0.167. The van der Waals surface area contributed by atoms with Crippen LogP contribution in [0.2, 0.25) is 0 Å². The van der Waals surface area contributed by atoms with Gasteiger partial charge in [0.05, 0.1) is 13.2 Å². The lowest BCUT2D eigenvalue weighted by molar-refractivity contribution is -0.131. The molecule has 0 aromatic carbocycles. The molecule has 0 aromatic rings. The first-order valence-corrected chi connectivity index (χ1v) is 7.27. The lowest BCUT2D eigenvalue weighted by atomic mass is 10.2. The molecule has 1 fully saturated rings. The van der Waals surface area contributed by atoms with E-state index in [0.29, 0.717) is 32.3 Å². The first-order chi connectivity index (χ1) is 9.27. The molecular weight excluding hydrogens is 244 g/mol. The molecular formula is C14H28N2O3. The number of hydrogen-bond donors (Lipinski definition) is 1. The van der Waals surface area contributed by atoms with Gasteiger partial charge in [-0.1, -0.05) is 12.8 Å². The van der Waals surface area contributed by atoms with Crippen LogP contribution in [0.5, 0.6) is 0 Å². The molecule has 5 heteroatoms. The normalized spacial score (nSPS) is 15.9. The van der Waals surface area contributed by atoms with Crippen LogP contribution in [-0.2, 0) is 14.3 Å². The van der Waals surface area contributed by atoms with Crippen molar-refractivity contribution in [3.8, 4) is 0 Å². The zero-order chi connectivity index (χ0) is 13.9. The molecule has 0 aromatic heterocycles. The molecule has 112 valence electrons. The molecule has 0 unspecified atom stereocenters. The zero-order valence-corrected chi connectivity index (χ0v) is 12.3. The van der Waals surface area contributed by atoms with Crippen molar-refractivity contribution in [3.63, 3.8) is 0 Å². The maximum atomic E-state index is 12.2. The van der Waals surface area contributed by atoms with Gasteiger partial charge in [0.2, 0.25) is 5.91 Å². The first-order valence-electron chi connectivity index (χ1n) is 7.27. The summed E-state index contributed by atoms with van der Waals surface area (Å²) in [6.45, 7) is 3.12. The van der Waals surface area contributed by atoms with E-state index in [0.717, 1.165) is 13.0 Å². The van der Waals surface area contributed by atoms with E-state index in [4.69, 9.17) is 9.47 Å². The van der Waals surface area contributed by atoms with Gasteiger partial charge in [-0.2, -0.15) is 0 Å². The molecule has 0 aliphatic heterocycles. The van der Waals surface area contributed by atoms with Crippen LogP contribution >= 0.6 is 0 Å². The molecule has 1 aliphatic carbocycles. The van der Waals surface area contributed by atoms with Crippen molar-refractivity contribution in [2.75, 3.05) is 47.1 Å². The van der Waals surface area contributed by atoms with Crippen molar-refractivity contribution in [1.82, 2.24) is 10.2 Å². The summed E-state index contributed by atoms with van der Waals surface area (Å²) >= 11 is 0. The Kier molecular flexibility index (Phi) is 8.79. The SMILES string of the molecule is COCCCN(CCOC)C(=O)CNC1CCCC1. The van der Waals surface area contributed by atoms with Crippen LogP contribution in [0, 0.1) is 0 Å². The molecule has 1 aliphatic rings. The highest BCUT2D eigenvalue weighted by Gasteiger charge is 2.18. The third-order valence-corrected chi connectivity index (χ3v) is 3.59. The monoisotopic (exact) mass is 272 g/mol. The van der Waals surface area contributed by atoms with Crippen LogP contribution in [0.4, 0.5) is 0 Å². The third-order valence-electron chi connectivity index (χ3n) is 3.59. The fourth-order valence-electron chi connectivity index (χ4n) is 2.44. The predicted octanol–water partition coefficient (Wildman–Crippen LogP) is 1.03. The fraction of sp³-hybridized carbons (Fsp3) is 0.929.